The first-order valence-electron chi connectivity index (χ1n) is 11.3. The smallest absolute Gasteiger partial charge is 0.220 e. The highest BCUT2D eigenvalue weighted by Gasteiger charge is 2.24. The highest BCUT2D eigenvalue weighted by Crippen LogP contribution is 2.36. The van der Waals surface area contributed by atoms with Crippen LogP contribution < -0.4 is 9.47 Å². The van der Waals surface area contributed by atoms with Crippen LogP contribution in [-0.4, -0.2) is 32.8 Å². The van der Waals surface area contributed by atoms with Gasteiger partial charge in [0.2, 0.25) is 6.54 Å². The van der Waals surface area contributed by atoms with Crippen LogP contribution in [0.25, 0.3) is 5.69 Å². The summed E-state index contributed by atoms with van der Waals surface area (Å²) in [6.07, 6.45) is 0. The second kappa shape index (κ2) is 11.7. The van der Waals surface area contributed by atoms with Crippen molar-refractivity contribution in [2.45, 2.75) is 30.9 Å². The summed E-state index contributed by atoms with van der Waals surface area (Å²) in [5.74, 6) is 1.63. The molecule has 0 saturated heterocycles. The number of aromatic nitrogens is 3. The Morgan fingerprint density at radius 3 is 2.33 bits per heavy atom. The largest absolute Gasteiger partial charge is 0.494 e. The summed E-state index contributed by atoms with van der Waals surface area (Å²) in [5, 5.41) is 20.0. The maximum Gasteiger partial charge on any atom is 0.220 e. The third kappa shape index (κ3) is 6.19. The molecule has 0 fully saturated rings. The van der Waals surface area contributed by atoms with E-state index in [0.29, 0.717) is 28.9 Å². The van der Waals surface area contributed by atoms with Gasteiger partial charge in [0.25, 0.3) is 0 Å². The summed E-state index contributed by atoms with van der Waals surface area (Å²) in [6.45, 7) is 4.11. The van der Waals surface area contributed by atoms with Gasteiger partial charge < -0.3 is 9.47 Å². The molecule has 0 aliphatic heterocycles. The molecule has 0 bridgehead atoms. The average molecular weight is 509 g/mol. The van der Waals surface area contributed by atoms with Crippen LogP contribution in [0.2, 0.25) is 0 Å². The summed E-state index contributed by atoms with van der Waals surface area (Å²) < 4.78 is 26.9. The van der Waals surface area contributed by atoms with Crippen LogP contribution in [0.5, 0.6) is 11.5 Å². The van der Waals surface area contributed by atoms with Crippen LogP contribution in [0, 0.1) is 22.9 Å². The van der Waals surface area contributed by atoms with Gasteiger partial charge >= 0.3 is 0 Å². The minimum absolute atomic E-state index is 0.0869. The van der Waals surface area contributed by atoms with E-state index in [2.05, 4.69) is 10.2 Å². The summed E-state index contributed by atoms with van der Waals surface area (Å²) >= 11 is 1.27. The molecule has 4 rings (SSSR count). The molecule has 0 radical (unpaired) electrons. The van der Waals surface area contributed by atoms with Gasteiger partial charge in [-0.25, -0.2) is 4.39 Å². The summed E-state index contributed by atoms with van der Waals surface area (Å²) in [4.78, 5) is 11.1. The predicted octanol–water partition coefficient (Wildman–Crippen LogP) is 5.80. The fourth-order valence-corrected chi connectivity index (χ4v) is 4.78. The molecular weight excluding hydrogens is 483 g/mol. The molecule has 1 heterocycles. The van der Waals surface area contributed by atoms with Crippen molar-refractivity contribution in [3.05, 3.63) is 106 Å². The number of aryl methyl sites for hydroxylation is 1. The topological polar surface area (TPSA) is 92.3 Å². The molecular formula is C26H25FN4O4S. The minimum atomic E-state index is -0.509. The maximum atomic E-state index is 13.8. The first-order chi connectivity index (χ1) is 17.4. The van der Waals surface area contributed by atoms with E-state index in [0.717, 1.165) is 17.0 Å². The molecule has 8 nitrogen and oxygen atoms in total. The predicted molar refractivity (Wildman–Crippen MR) is 135 cm³/mol. The first-order valence-corrected chi connectivity index (χ1v) is 12.2. The monoisotopic (exact) mass is 508 g/mol. The zero-order chi connectivity index (χ0) is 25.5. The third-order valence-electron chi connectivity index (χ3n) is 5.37. The molecule has 0 N–H and O–H groups in total. The van der Waals surface area contributed by atoms with Crippen molar-refractivity contribution >= 4 is 11.8 Å². The normalized spacial score (nSPS) is 11.8. The van der Waals surface area contributed by atoms with E-state index in [1.54, 1.807) is 42.5 Å². The van der Waals surface area contributed by atoms with Crippen LogP contribution in [0.4, 0.5) is 4.39 Å². The van der Waals surface area contributed by atoms with Crippen LogP contribution in [-0.2, 0) is 6.61 Å². The summed E-state index contributed by atoms with van der Waals surface area (Å²) in [6, 6.07) is 21.0. The number of thioether (sulfide) groups is 1. The van der Waals surface area contributed by atoms with Crippen molar-refractivity contribution in [1.29, 1.82) is 0 Å². The Labute approximate surface area is 212 Å². The van der Waals surface area contributed by atoms with Crippen molar-refractivity contribution in [3.63, 3.8) is 0 Å². The Morgan fingerprint density at radius 2 is 1.67 bits per heavy atom. The number of benzene rings is 3. The lowest BCUT2D eigenvalue weighted by Crippen LogP contribution is -2.11. The highest BCUT2D eigenvalue weighted by molar-refractivity contribution is 7.99. The zero-order valence-corrected chi connectivity index (χ0v) is 20.7. The number of nitro groups is 1. The van der Waals surface area contributed by atoms with E-state index in [1.807, 2.05) is 42.7 Å². The second-order valence-corrected chi connectivity index (χ2v) is 9.03. The number of halogens is 1. The van der Waals surface area contributed by atoms with Gasteiger partial charge in [0.15, 0.2) is 5.16 Å². The molecule has 1 aromatic heterocycles. The zero-order valence-electron chi connectivity index (χ0n) is 19.8. The van der Waals surface area contributed by atoms with Crippen molar-refractivity contribution < 1.29 is 18.8 Å². The fourth-order valence-electron chi connectivity index (χ4n) is 3.60. The Morgan fingerprint density at radius 1 is 1.00 bits per heavy atom. The van der Waals surface area contributed by atoms with Gasteiger partial charge in [0, 0.05) is 16.2 Å². The van der Waals surface area contributed by atoms with Crippen LogP contribution in [0.3, 0.4) is 0 Å². The van der Waals surface area contributed by atoms with Gasteiger partial charge in [-0.15, -0.1) is 10.2 Å². The van der Waals surface area contributed by atoms with Crippen LogP contribution >= 0.6 is 11.8 Å². The lowest BCUT2D eigenvalue weighted by molar-refractivity contribution is -0.479. The molecule has 1 atom stereocenters. The SMILES string of the molecule is CCOc1ccc(-n2c(C)nnc2S[C@@H](C[N+](=O)[O-])c2ccc(OCc3ccccc3F)cc2)cc1. The standard InChI is InChI=1S/C26H25FN4O4S/c1-3-34-22-14-10-21(11-15-22)31-18(2)28-29-26(31)36-25(16-30(32)33)19-8-12-23(13-9-19)35-17-20-6-4-5-7-24(20)27/h4-15,25H,3,16-17H2,1-2H3/t25-/m0/s1. The van der Waals surface area contributed by atoms with E-state index >= 15 is 0 Å². The van der Waals surface area contributed by atoms with Crippen LogP contribution in [0.1, 0.15) is 29.1 Å². The first kappa shape index (κ1) is 25.2. The van der Waals surface area contributed by atoms with E-state index < -0.39 is 5.25 Å². The van der Waals surface area contributed by atoms with E-state index in [-0.39, 0.29) is 23.9 Å². The quantitative estimate of drug-likeness (QED) is 0.144. The maximum absolute atomic E-state index is 13.8. The molecule has 186 valence electrons. The van der Waals surface area contributed by atoms with Crippen molar-refractivity contribution in [2.24, 2.45) is 0 Å². The summed E-state index contributed by atoms with van der Waals surface area (Å²) in [7, 11) is 0. The Kier molecular flexibility index (Phi) is 8.17. The lowest BCUT2D eigenvalue weighted by Gasteiger charge is -2.15. The lowest BCUT2D eigenvalue weighted by atomic mass is 10.1. The molecule has 0 amide bonds. The van der Waals surface area contributed by atoms with Crippen LogP contribution in [0.15, 0.2) is 78.0 Å². The number of rotatable bonds is 11. The molecule has 4 aromatic rings. The van der Waals surface area contributed by atoms with Gasteiger partial charge in [-0.2, -0.15) is 0 Å². The Balaban J connectivity index is 1.52. The molecule has 0 spiro atoms. The van der Waals surface area contributed by atoms with Gasteiger partial charge in [-0.3, -0.25) is 14.7 Å². The molecule has 10 heteroatoms. The molecule has 0 unspecified atom stereocenters. The third-order valence-corrected chi connectivity index (χ3v) is 6.55. The van der Waals surface area contributed by atoms with E-state index in [1.165, 1.54) is 17.8 Å². The number of hydrogen-bond acceptors (Lipinski definition) is 7. The number of nitrogens with zero attached hydrogens (tertiary/aromatic N) is 4. The number of ether oxygens (including phenoxy) is 2. The molecule has 0 saturated carbocycles. The van der Waals surface area contributed by atoms with Crippen molar-refractivity contribution in [3.8, 4) is 17.2 Å². The van der Waals surface area contributed by atoms with Gasteiger partial charge in [0.05, 0.1) is 6.61 Å². The van der Waals surface area contributed by atoms with Crippen molar-refractivity contribution in [1.82, 2.24) is 14.8 Å². The number of hydrogen-bond donors (Lipinski definition) is 0. The molecule has 0 aliphatic carbocycles. The summed E-state index contributed by atoms with van der Waals surface area (Å²) in [5.41, 5.74) is 2.03. The Hall–Kier alpha value is -3.92. The average Bonchev–Trinajstić information content (AvgIpc) is 3.23. The second-order valence-electron chi connectivity index (χ2n) is 7.86. The van der Waals surface area contributed by atoms with E-state index in [4.69, 9.17) is 9.47 Å². The molecule has 0 aliphatic rings. The molecule has 3 aromatic carbocycles. The molecule has 36 heavy (non-hydrogen) atoms. The van der Waals surface area contributed by atoms with E-state index in [9.17, 15) is 14.5 Å². The van der Waals surface area contributed by atoms with Gasteiger partial charge in [-0.1, -0.05) is 42.1 Å². The fraction of sp³-hybridized carbons (Fsp3) is 0.231. The van der Waals surface area contributed by atoms with Crippen molar-refractivity contribution in [2.75, 3.05) is 13.2 Å². The van der Waals surface area contributed by atoms with Gasteiger partial charge in [-0.05, 0) is 61.9 Å². The highest BCUT2D eigenvalue weighted by atomic mass is 32.2. The minimum Gasteiger partial charge on any atom is -0.494 e. The van der Waals surface area contributed by atoms with Gasteiger partial charge in [0.1, 0.15) is 35.0 Å². The Bertz CT molecular complexity index is 1310.